The van der Waals surface area contributed by atoms with E-state index in [4.69, 9.17) is 0 Å². The van der Waals surface area contributed by atoms with Crippen LogP contribution in [-0.2, 0) is 4.79 Å². The Labute approximate surface area is 123 Å². The molecular formula is C17H32O3. The summed E-state index contributed by atoms with van der Waals surface area (Å²) in [5, 5.41) is 19.2. The van der Waals surface area contributed by atoms with Gasteiger partial charge in [-0.1, -0.05) is 44.9 Å². The number of aliphatic hydroxyl groups excluding tert-OH is 2. The number of carbonyl (C=O) groups is 1. The highest BCUT2D eigenvalue weighted by atomic mass is 16.3. The van der Waals surface area contributed by atoms with E-state index in [2.05, 4.69) is 0 Å². The average Bonchev–Trinajstić information content (AvgIpc) is 2.72. The van der Waals surface area contributed by atoms with Gasteiger partial charge < -0.3 is 15.0 Å². The number of aliphatic hydroxyl groups is 2. The molecule has 3 heteroatoms. The van der Waals surface area contributed by atoms with Crippen LogP contribution in [0.15, 0.2) is 0 Å². The van der Waals surface area contributed by atoms with Crippen LogP contribution in [0, 0.1) is 5.92 Å². The third kappa shape index (κ3) is 7.39. The molecule has 0 aromatic heterocycles. The van der Waals surface area contributed by atoms with Crippen LogP contribution < -0.4 is 0 Å². The number of unbranched alkanes of at least 4 members (excludes halogenated alkanes) is 7. The molecule has 1 aliphatic rings. The maximum Gasteiger partial charge on any atom is 0.129 e. The summed E-state index contributed by atoms with van der Waals surface area (Å²) in [5.41, 5.74) is 0. The van der Waals surface area contributed by atoms with Crippen molar-refractivity contribution in [1.82, 2.24) is 0 Å². The minimum atomic E-state index is -0.477. The molecule has 1 aliphatic carbocycles. The van der Waals surface area contributed by atoms with Crippen molar-refractivity contribution in [3.8, 4) is 0 Å². The lowest BCUT2D eigenvalue weighted by molar-refractivity contribution is -0.117. The number of hydrogen-bond donors (Lipinski definition) is 2. The Bertz CT molecular complexity index is 265. The van der Waals surface area contributed by atoms with Crippen LogP contribution in [0.2, 0.25) is 0 Å². The molecular weight excluding hydrogens is 252 g/mol. The van der Waals surface area contributed by atoms with E-state index in [9.17, 15) is 15.0 Å². The first kappa shape index (κ1) is 17.6. The van der Waals surface area contributed by atoms with Gasteiger partial charge in [-0.3, -0.25) is 0 Å². The highest BCUT2D eigenvalue weighted by molar-refractivity contribution is 5.75. The van der Waals surface area contributed by atoms with Gasteiger partial charge >= 0.3 is 0 Å². The summed E-state index contributed by atoms with van der Waals surface area (Å²) < 4.78 is 0. The maximum absolute atomic E-state index is 10.8. The molecule has 0 unspecified atom stereocenters. The lowest BCUT2D eigenvalue weighted by Gasteiger charge is -2.15. The lowest BCUT2D eigenvalue weighted by atomic mass is 9.97. The van der Waals surface area contributed by atoms with Crippen molar-refractivity contribution in [2.24, 2.45) is 5.92 Å². The van der Waals surface area contributed by atoms with E-state index >= 15 is 0 Å². The van der Waals surface area contributed by atoms with Gasteiger partial charge in [0.25, 0.3) is 0 Å². The fourth-order valence-corrected chi connectivity index (χ4v) is 3.20. The minimum absolute atomic E-state index is 0.309. The first-order valence-electron chi connectivity index (χ1n) is 8.47. The van der Waals surface area contributed by atoms with E-state index in [-0.39, 0.29) is 0 Å². The number of Topliss-reactive ketones (excluding diaryl/α,β-unsaturated/α-hetero) is 1. The molecule has 1 rings (SSSR count). The second kappa shape index (κ2) is 10.3. The molecule has 0 aromatic carbocycles. The zero-order valence-corrected chi connectivity index (χ0v) is 13.0. The summed E-state index contributed by atoms with van der Waals surface area (Å²) in [5.74, 6) is 0.640. The first-order valence-corrected chi connectivity index (χ1v) is 8.47. The van der Waals surface area contributed by atoms with Gasteiger partial charge in [-0.15, -0.1) is 0 Å². The summed E-state index contributed by atoms with van der Waals surface area (Å²) in [6.07, 6.45) is 12.4. The Morgan fingerprint density at radius 3 is 1.95 bits per heavy atom. The van der Waals surface area contributed by atoms with Gasteiger partial charge in [0, 0.05) is 6.42 Å². The van der Waals surface area contributed by atoms with E-state index in [1.165, 1.54) is 44.9 Å². The Morgan fingerprint density at radius 1 is 0.900 bits per heavy atom. The topological polar surface area (TPSA) is 57.5 Å². The fraction of sp³-hybridized carbons (Fsp3) is 0.941. The molecule has 3 nitrogen and oxygen atoms in total. The van der Waals surface area contributed by atoms with Crippen LogP contribution >= 0.6 is 0 Å². The predicted octanol–water partition coefficient (Wildman–Crippen LogP) is 3.61. The van der Waals surface area contributed by atoms with Gasteiger partial charge in [0.15, 0.2) is 0 Å². The van der Waals surface area contributed by atoms with Crippen molar-refractivity contribution in [2.75, 3.05) is 0 Å². The SMILES string of the molecule is CC(=O)CCCCCCCCCC[C@@H]1CC[C@@H](O)[C@@H]1O. The molecule has 0 bridgehead atoms. The second-order valence-corrected chi connectivity index (χ2v) is 6.46. The molecule has 0 aromatic rings. The third-order valence-electron chi connectivity index (χ3n) is 4.56. The van der Waals surface area contributed by atoms with Gasteiger partial charge in [0.2, 0.25) is 0 Å². The molecule has 0 spiro atoms. The van der Waals surface area contributed by atoms with E-state index in [1.807, 2.05) is 0 Å². The van der Waals surface area contributed by atoms with Crippen LogP contribution in [-0.4, -0.2) is 28.2 Å². The highest BCUT2D eigenvalue weighted by Crippen LogP contribution is 2.30. The quantitative estimate of drug-likeness (QED) is 0.570. The summed E-state index contributed by atoms with van der Waals surface area (Å²) in [4.78, 5) is 10.8. The Balaban J connectivity index is 1.82. The number of ketones is 1. The highest BCUT2D eigenvalue weighted by Gasteiger charge is 2.32. The fourth-order valence-electron chi connectivity index (χ4n) is 3.20. The van der Waals surface area contributed by atoms with Crippen molar-refractivity contribution in [3.63, 3.8) is 0 Å². The smallest absolute Gasteiger partial charge is 0.129 e. The summed E-state index contributed by atoms with van der Waals surface area (Å²) in [7, 11) is 0. The van der Waals surface area contributed by atoms with E-state index in [1.54, 1.807) is 6.92 Å². The molecule has 20 heavy (non-hydrogen) atoms. The van der Waals surface area contributed by atoms with E-state index in [0.29, 0.717) is 11.7 Å². The zero-order valence-electron chi connectivity index (χ0n) is 13.0. The normalized spacial score (nSPS) is 26.1. The molecule has 0 heterocycles. The van der Waals surface area contributed by atoms with Crippen LogP contribution in [0.5, 0.6) is 0 Å². The zero-order chi connectivity index (χ0) is 14.8. The molecule has 0 radical (unpaired) electrons. The third-order valence-corrected chi connectivity index (χ3v) is 4.56. The number of rotatable bonds is 11. The van der Waals surface area contributed by atoms with Crippen molar-refractivity contribution in [3.05, 3.63) is 0 Å². The molecule has 0 amide bonds. The van der Waals surface area contributed by atoms with Crippen molar-refractivity contribution in [1.29, 1.82) is 0 Å². The van der Waals surface area contributed by atoms with Crippen LogP contribution in [0.25, 0.3) is 0 Å². The van der Waals surface area contributed by atoms with Gasteiger partial charge in [0.05, 0.1) is 12.2 Å². The molecule has 1 fully saturated rings. The van der Waals surface area contributed by atoms with Crippen molar-refractivity contribution < 1.29 is 15.0 Å². The maximum atomic E-state index is 10.8. The second-order valence-electron chi connectivity index (χ2n) is 6.46. The van der Waals surface area contributed by atoms with Crippen molar-refractivity contribution in [2.45, 2.75) is 96.2 Å². The largest absolute Gasteiger partial charge is 0.390 e. The number of carbonyl (C=O) groups excluding carboxylic acids is 1. The van der Waals surface area contributed by atoms with Gasteiger partial charge in [-0.05, 0) is 38.5 Å². The molecule has 0 saturated heterocycles. The predicted molar refractivity (Wildman–Crippen MR) is 81.6 cm³/mol. The first-order chi connectivity index (χ1) is 9.61. The molecule has 3 atom stereocenters. The average molecular weight is 284 g/mol. The van der Waals surface area contributed by atoms with Gasteiger partial charge in [-0.25, -0.2) is 0 Å². The van der Waals surface area contributed by atoms with E-state index in [0.717, 1.165) is 32.1 Å². The molecule has 118 valence electrons. The lowest BCUT2D eigenvalue weighted by Crippen LogP contribution is -2.24. The molecule has 1 saturated carbocycles. The van der Waals surface area contributed by atoms with E-state index < -0.39 is 12.2 Å². The van der Waals surface area contributed by atoms with Crippen LogP contribution in [0.4, 0.5) is 0 Å². The monoisotopic (exact) mass is 284 g/mol. The van der Waals surface area contributed by atoms with Gasteiger partial charge in [-0.2, -0.15) is 0 Å². The summed E-state index contributed by atoms with van der Waals surface area (Å²) >= 11 is 0. The molecule has 0 aliphatic heterocycles. The Hall–Kier alpha value is -0.410. The standard InChI is InChI=1S/C17H32O3/c1-14(18)10-8-6-4-2-3-5-7-9-11-15-12-13-16(19)17(15)20/h15-17,19-20H,2-13H2,1H3/t15-,16-,17-/m1/s1. The van der Waals surface area contributed by atoms with Crippen LogP contribution in [0.1, 0.15) is 84.0 Å². The van der Waals surface area contributed by atoms with Gasteiger partial charge in [0.1, 0.15) is 5.78 Å². The summed E-state index contributed by atoms with van der Waals surface area (Å²) in [6.45, 7) is 1.67. The molecule has 2 N–H and O–H groups in total. The summed E-state index contributed by atoms with van der Waals surface area (Å²) in [6, 6.07) is 0. The van der Waals surface area contributed by atoms with Crippen LogP contribution in [0.3, 0.4) is 0 Å². The number of hydrogen-bond acceptors (Lipinski definition) is 3. The minimum Gasteiger partial charge on any atom is -0.390 e. The Morgan fingerprint density at radius 2 is 1.45 bits per heavy atom. The Kier molecular flexibility index (Phi) is 9.12. The van der Waals surface area contributed by atoms with Crippen molar-refractivity contribution >= 4 is 5.78 Å².